The zero-order valence-corrected chi connectivity index (χ0v) is 17.5. The van der Waals surface area contributed by atoms with E-state index in [1.165, 1.54) is 38.5 Å². The lowest BCUT2D eigenvalue weighted by Crippen LogP contribution is -2.59. The van der Waals surface area contributed by atoms with Gasteiger partial charge in [-0.05, 0) is 62.9 Å². The number of nitrogens with zero attached hydrogens (tertiary/aromatic N) is 1. The van der Waals surface area contributed by atoms with Crippen LogP contribution in [0.3, 0.4) is 0 Å². The summed E-state index contributed by atoms with van der Waals surface area (Å²) >= 11 is 1.65. The number of nitrogens with one attached hydrogen (secondary N) is 4. The van der Waals surface area contributed by atoms with Crippen LogP contribution >= 0.6 is 11.8 Å². The summed E-state index contributed by atoms with van der Waals surface area (Å²) < 4.78 is 0. The van der Waals surface area contributed by atoms with Crippen molar-refractivity contribution in [3.63, 3.8) is 0 Å². The van der Waals surface area contributed by atoms with Gasteiger partial charge in [0.1, 0.15) is 0 Å². The first-order valence-electron chi connectivity index (χ1n) is 10.9. The first kappa shape index (κ1) is 19.5. The lowest BCUT2D eigenvalue weighted by molar-refractivity contribution is -0.128. The summed E-state index contributed by atoms with van der Waals surface area (Å²) in [5.74, 6) is 1.99. The van der Waals surface area contributed by atoms with E-state index in [4.69, 9.17) is 0 Å². The van der Waals surface area contributed by atoms with Crippen LogP contribution in [-0.4, -0.2) is 41.6 Å². The Morgan fingerprint density at radius 3 is 2.67 bits per heavy atom. The number of fused-ring (bicyclic) bond motifs is 1. The van der Waals surface area contributed by atoms with Crippen molar-refractivity contribution in [2.24, 2.45) is 28.8 Å². The van der Waals surface area contributed by atoms with Gasteiger partial charge in [0, 0.05) is 18.0 Å². The molecule has 152 valence electrons. The number of thioether (sulfide) groups is 1. The Hall–Kier alpha value is -0.790. The number of hydrazone groups is 1. The number of hydrogen-bond donors (Lipinski definition) is 4. The highest BCUT2D eigenvalue weighted by Crippen LogP contribution is 2.39. The standard InChI is InChI=1S/C20H35N5OS/c1-12(2)19-24-25-20(27-19)23-18(26)15-11-17(13-7-9-21-10-8-13)22-16-6-4-3-5-14(15)16/h12-17,19,21-22,24H,3-11H2,1-2H3,(H,23,25,26). The fraction of sp³-hybridized carbons (Fsp3) is 0.900. The van der Waals surface area contributed by atoms with Gasteiger partial charge in [0.2, 0.25) is 5.91 Å². The van der Waals surface area contributed by atoms with Gasteiger partial charge >= 0.3 is 0 Å². The maximum absolute atomic E-state index is 13.2. The number of rotatable bonds is 3. The van der Waals surface area contributed by atoms with E-state index in [-0.39, 0.29) is 17.2 Å². The third-order valence-electron chi connectivity index (χ3n) is 6.93. The molecule has 5 atom stereocenters. The molecule has 3 heterocycles. The third kappa shape index (κ3) is 4.46. The Morgan fingerprint density at radius 2 is 1.93 bits per heavy atom. The number of carbonyl (C=O) groups is 1. The van der Waals surface area contributed by atoms with E-state index in [9.17, 15) is 4.79 Å². The molecule has 5 unspecified atom stereocenters. The Morgan fingerprint density at radius 1 is 1.15 bits per heavy atom. The molecule has 1 amide bonds. The van der Waals surface area contributed by atoms with Crippen molar-refractivity contribution >= 4 is 22.8 Å². The summed E-state index contributed by atoms with van der Waals surface area (Å²) in [6.45, 7) is 6.58. The van der Waals surface area contributed by atoms with Crippen LogP contribution in [-0.2, 0) is 4.79 Å². The minimum absolute atomic E-state index is 0.123. The summed E-state index contributed by atoms with van der Waals surface area (Å²) in [7, 11) is 0. The first-order valence-corrected chi connectivity index (χ1v) is 11.8. The van der Waals surface area contributed by atoms with Crippen LogP contribution in [0.15, 0.2) is 5.10 Å². The van der Waals surface area contributed by atoms with Crippen LogP contribution in [0, 0.1) is 23.7 Å². The highest BCUT2D eigenvalue weighted by molar-refractivity contribution is 8.14. The van der Waals surface area contributed by atoms with Crippen LogP contribution < -0.4 is 21.4 Å². The largest absolute Gasteiger partial charge is 0.317 e. The average Bonchev–Trinajstić information content (AvgIpc) is 3.16. The van der Waals surface area contributed by atoms with Crippen molar-refractivity contribution in [2.45, 2.75) is 76.3 Å². The molecule has 4 aliphatic rings. The van der Waals surface area contributed by atoms with Gasteiger partial charge in [-0.1, -0.05) is 38.5 Å². The van der Waals surface area contributed by atoms with E-state index in [2.05, 4.69) is 40.3 Å². The molecule has 3 aliphatic heterocycles. The Balaban J connectivity index is 1.42. The second kappa shape index (κ2) is 8.70. The first-order chi connectivity index (χ1) is 13.1. The van der Waals surface area contributed by atoms with Crippen molar-refractivity contribution in [2.75, 3.05) is 13.1 Å². The molecule has 4 rings (SSSR count). The van der Waals surface area contributed by atoms with E-state index in [0.717, 1.165) is 24.7 Å². The predicted molar refractivity (Wildman–Crippen MR) is 111 cm³/mol. The zero-order valence-electron chi connectivity index (χ0n) is 16.7. The number of amides is 1. The van der Waals surface area contributed by atoms with Crippen LogP contribution in [0.2, 0.25) is 0 Å². The summed E-state index contributed by atoms with van der Waals surface area (Å²) in [4.78, 5) is 13.2. The van der Waals surface area contributed by atoms with Gasteiger partial charge in [0.25, 0.3) is 0 Å². The summed E-state index contributed by atoms with van der Waals surface area (Å²) in [5, 5.41) is 16.0. The molecule has 7 heteroatoms. The predicted octanol–water partition coefficient (Wildman–Crippen LogP) is 2.23. The van der Waals surface area contributed by atoms with Crippen LogP contribution in [0.25, 0.3) is 0 Å². The van der Waals surface area contributed by atoms with Crippen molar-refractivity contribution in [3.8, 4) is 0 Å². The highest BCUT2D eigenvalue weighted by Gasteiger charge is 2.44. The van der Waals surface area contributed by atoms with Crippen molar-refractivity contribution in [3.05, 3.63) is 0 Å². The Kier molecular flexibility index (Phi) is 6.29. The van der Waals surface area contributed by atoms with Gasteiger partial charge in [-0.25, -0.2) is 0 Å². The summed E-state index contributed by atoms with van der Waals surface area (Å²) in [6.07, 6.45) is 8.40. The molecular weight excluding hydrogens is 358 g/mol. The number of piperidine rings is 2. The molecule has 0 bridgehead atoms. The van der Waals surface area contributed by atoms with Crippen molar-refractivity contribution in [1.29, 1.82) is 0 Å². The second-order valence-corrected chi connectivity index (χ2v) is 10.2. The molecule has 2 saturated heterocycles. The minimum atomic E-state index is 0.123. The van der Waals surface area contributed by atoms with Gasteiger partial charge in [-0.3, -0.25) is 10.2 Å². The SMILES string of the molecule is CC(C)C1NN=C(NC(=O)C2CC(C3CCNCC3)NC3CCCCC32)S1. The smallest absolute Gasteiger partial charge is 0.229 e. The molecule has 6 nitrogen and oxygen atoms in total. The summed E-state index contributed by atoms with van der Waals surface area (Å²) in [6, 6.07) is 1.00. The fourth-order valence-electron chi connectivity index (χ4n) is 5.35. The number of amidine groups is 1. The second-order valence-electron chi connectivity index (χ2n) is 9.08. The van der Waals surface area contributed by atoms with E-state index in [0.29, 0.717) is 29.8 Å². The molecule has 0 aromatic heterocycles. The Labute approximate surface area is 167 Å². The van der Waals surface area contributed by atoms with E-state index < -0.39 is 0 Å². The van der Waals surface area contributed by atoms with Crippen molar-refractivity contribution in [1.82, 2.24) is 21.4 Å². The monoisotopic (exact) mass is 393 g/mol. The molecule has 4 N–H and O–H groups in total. The minimum Gasteiger partial charge on any atom is -0.317 e. The number of carbonyl (C=O) groups excluding carboxylic acids is 1. The van der Waals surface area contributed by atoms with Gasteiger partial charge in [-0.15, -0.1) is 0 Å². The van der Waals surface area contributed by atoms with Gasteiger partial charge in [0.05, 0.1) is 5.37 Å². The van der Waals surface area contributed by atoms with Crippen LogP contribution in [0.5, 0.6) is 0 Å². The third-order valence-corrected chi connectivity index (χ3v) is 8.25. The van der Waals surface area contributed by atoms with E-state index >= 15 is 0 Å². The number of hydrogen-bond acceptors (Lipinski definition) is 6. The molecule has 1 saturated carbocycles. The Bertz CT molecular complexity index is 563. The van der Waals surface area contributed by atoms with Gasteiger partial charge in [-0.2, -0.15) is 5.10 Å². The van der Waals surface area contributed by atoms with Crippen molar-refractivity contribution < 1.29 is 4.79 Å². The lowest BCUT2D eigenvalue weighted by Gasteiger charge is -2.47. The average molecular weight is 394 g/mol. The molecule has 0 aromatic rings. The van der Waals surface area contributed by atoms with Crippen LogP contribution in [0.4, 0.5) is 0 Å². The zero-order chi connectivity index (χ0) is 18.8. The molecule has 0 radical (unpaired) electrons. The topological polar surface area (TPSA) is 77.5 Å². The van der Waals surface area contributed by atoms with Gasteiger partial charge < -0.3 is 16.0 Å². The molecule has 27 heavy (non-hydrogen) atoms. The molecule has 3 fully saturated rings. The maximum atomic E-state index is 13.2. The quantitative estimate of drug-likeness (QED) is 0.591. The summed E-state index contributed by atoms with van der Waals surface area (Å²) in [5.41, 5.74) is 3.15. The van der Waals surface area contributed by atoms with E-state index in [1.807, 2.05) is 0 Å². The molecule has 0 aromatic carbocycles. The maximum Gasteiger partial charge on any atom is 0.229 e. The normalized spacial score (nSPS) is 37.4. The lowest BCUT2D eigenvalue weighted by atomic mass is 9.68. The molecule has 0 spiro atoms. The van der Waals surface area contributed by atoms with Crippen LogP contribution in [0.1, 0.15) is 58.8 Å². The molecular formula is C20H35N5OS. The molecule has 1 aliphatic carbocycles. The highest BCUT2D eigenvalue weighted by atomic mass is 32.2. The van der Waals surface area contributed by atoms with Gasteiger partial charge in [0.15, 0.2) is 5.17 Å². The fourth-order valence-corrected chi connectivity index (χ4v) is 6.24. The van der Waals surface area contributed by atoms with E-state index in [1.54, 1.807) is 11.8 Å².